The Morgan fingerprint density at radius 2 is 1.82 bits per heavy atom. The summed E-state index contributed by atoms with van der Waals surface area (Å²) in [5.41, 5.74) is 2.42. The summed E-state index contributed by atoms with van der Waals surface area (Å²) < 4.78 is 5.74. The van der Waals surface area contributed by atoms with Gasteiger partial charge in [-0.25, -0.2) is 0 Å². The highest BCUT2D eigenvalue weighted by atomic mass is 32.2. The highest BCUT2D eigenvalue weighted by molar-refractivity contribution is 7.98. The quantitative estimate of drug-likeness (QED) is 0.742. The zero-order valence-electron chi connectivity index (χ0n) is 10.1. The summed E-state index contributed by atoms with van der Waals surface area (Å²) in [5.74, 6) is 0.930. The molecule has 0 aliphatic rings. The predicted molar refractivity (Wildman–Crippen MR) is 73.7 cm³/mol. The molecule has 2 aromatic carbocycles. The molecule has 0 atom stereocenters. The molecule has 0 saturated carbocycles. The van der Waals surface area contributed by atoms with Crippen LogP contribution in [0.25, 0.3) is 0 Å². The van der Waals surface area contributed by atoms with Crippen LogP contribution in [0.2, 0.25) is 0 Å². The topological polar surface area (TPSA) is 9.23 Å². The van der Waals surface area contributed by atoms with Gasteiger partial charge in [-0.15, -0.1) is 11.8 Å². The van der Waals surface area contributed by atoms with Gasteiger partial charge in [-0.2, -0.15) is 0 Å². The van der Waals surface area contributed by atoms with Crippen molar-refractivity contribution in [3.8, 4) is 5.75 Å². The van der Waals surface area contributed by atoms with Crippen LogP contribution in [0.4, 0.5) is 0 Å². The first kappa shape index (κ1) is 12.1. The molecule has 0 unspecified atom stereocenters. The number of aryl methyl sites for hydroxylation is 1. The fraction of sp³-hybridized carbons (Fsp3) is 0.200. The molecule has 0 aliphatic heterocycles. The van der Waals surface area contributed by atoms with E-state index in [0.29, 0.717) is 6.61 Å². The second kappa shape index (κ2) is 5.78. The van der Waals surface area contributed by atoms with Crippen molar-refractivity contribution >= 4 is 11.8 Å². The summed E-state index contributed by atoms with van der Waals surface area (Å²) in [6, 6.07) is 16.6. The molecule has 2 rings (SSSR count). The molecule has 0 aromatic heterocycles. The van der Waals surface area contributed by atoms with Crippen LogP contribution in [0.3, 0.4) is 0 Å². The van der Waals surface area contributed by atoms with Crippen molar-refractivity contribution in [1.29, 1.82) is 0 Å². The van der Waals surface area contributed by atoms with Crippen LogP contribution >= 0.6 is 11.8 Å². The van der Waals surface area contributed by atoms with Crippen molar-refractivity contribution < 1.29 is 4.74 Å². The van der Waals surface area contributed by atoms with E-state index in [0.717, 1.165) is 5.75 Å². The minimum Gasteiger partial charge on any atom is -0.489 e. The van der Waals surface area contributed by atoms with Crippen molar-refractivity contribution in [2.45, 2.75) is 18.4 Å². The first-order chi connectivity index (χ1) is 8.28. The van der Waals surface area contributed by atoms with E-state index in [1.807, 2.05) is 12.1 Å². The van der Waals surface area contributed by atoms with Crippen LogP contribution in [0.15, 0.2) is 53.4 Å². The first-order valence-electron chi connectivity index (χ1n) is 5.60. The predicted octanol–water partition coefficient (Wildman–Crippen LogP) is 4.30. The molecule has 0 fully saturated rings. The normalized spacial score (nSPS) is 10.2. The second-order valence-corrected chi connectivity index (χ2v) is 4.83. The van der Waals surface area contributed by atoms with Gasteiger partial charge in [-0.3, -0.25) is 0 Å². The maximum Gasteiger partial charge on any atom is 0.120 e. The fourth-order valence-corrected chi connectivity index (χ4v) is 2.00. The van der Waals surface area contributed by atoms with E-state index < -0.39 is 0 Å². The molecule has 0 heterocycles. The van der Waals surface area contributed by atoms with Gasteiger partial charge in [0, 0.05) is 4.90 Å². The van der Waals surface area contributed by atoms with Gasteiger partial charge in [0.15, 0.2) is 0 Å². The molecule has 0 aliphatic carbocycles. The lowest BCUT2D eigenvalue weighted by atomic mass is 10.2. The van der Waals surface area contributed by atoms with Crippen molar-refractivity contribution in [3.05, 3.63) is 59.7 Å². The van der Waals surface area contributed by atoms with E-state index >= 15 is 0 Å². The maximum absolute atomic E-state index is 5.74. The molecule has 0 spiro atoms. The Bertz CT molecular complexity index is 477. The molecular weight excluding hydrogens is 228 g/mol. The van der Waals surface area contributed by atoms with Crippen LogP contribution in [-0.4, -0.2) is 6.26 Å². The number of rotatable bonds is 4. The smallest absolute Gasteiger partial charge is 0.120 e. The third kappa shape index (κ3) is 3.53. The van der Waals surface area contributed by atoms with Crippen LogP contribution in [-0.2, 0) is 6.61 Å². The third-order valence-corrected chi connectivity index (χ3v) is 3.30. The van der Waals surface area contributed by atoms with Gasteiger partial charge in [-0.05, 0) is 48.6 Å². The molecule has 1 nitrogen and oxygen atoms in total. The number of benzene rings is 2. The highest BCUT2D eigenvalue weighted by Gasteiger charge is 1.97. The summed E-state index contributed by atoms with van der Waals surface area (Å²) in [5, 5.41) is 0. The lowest BCUT2D eigenvalue weighted by Gasteiger charge is -2.07. The first-order valence-corrected chi connectivity index (χ1v) is 6.83. The summed E-state index contributed by atoms with van der Waals surface area (Å²) in [6.07, 6.45) is 2.08. The van der Waals surface area contributed by atoms with Crippen molar-refractivity contribution in [3.63, 3.8) is 0 Å². The zero-order chi connectivity index (χ0) is 12.1. The summed E-state index contributed by atoms with van der Waals surface area (Å²) in [6.45, 7) is 2.69. The van der Waals surface area contributed by atoms with Gasteiger partial charge in [0.05, 0.1) is 0 Å². The second-order valence-electron chi connectivity index (χ2n) is 3.95. The van der Waals surface area contributed by atoms with Crippen molar-refractivity contribution in [2.75, 3.05) is 6.26 Å². The number of hydrogen-bond acceptors (Lipinski definition) is 2. The van der Waals surface area contributed by atoms with Crippen molar-refractivity contribution in [2.24, 2.45) is 0 Å². The van der Waals surface area contributed by atoms with Crippen LogP contribution < -0.4 is 4.74 Å². The van der Waals surface area contributed by atoms with Gasteiger partial charge in [0.25, 0.3) is 0 Å². The van der Waals surface area contributed by atoms with Crippen LogP contribution in [0, 0.1) is 6.92 Å². The Labute approximate surface area is 107 Å². The van der Waals surface area contributed by atoms with Gasteiger partial charge >= 0.3 is 0 Å². The number of thioether (sulfide) groups is 1. The van der Waals surface area contributed by atoms with Gasteiger partial charge in [0.1, 0.15) is 12.4 Å². The minimum atomic E-state index is 0.623. The van der Waals surface area contributed by atoms with E-state index in [4.69, 9.17) is 4.74 Å². The lowest BCUT2D eigenvalue weighted by Crippen LogP contribution is -1.95. The SMILES string of the molecule is CSc1ccc(COc2cccc(C)c2)cc1. The molecule has 2 aromatic rings. The maximum atomic E-state index is 5.74. The van der Waals surface area contributed by atoms with Crippen LogP contribution in [0.1, 0.15) is 11.1 Å². The van der Waals surface area contributed by atoms with E-state index in [9.17, 15) is 0 Å². The fourth-order valence-electron chi connectivity index (χ4n) is 1.59. The molecule has 0 amide bonds. The molecular formula is C15H16OS. The molecule has 0 radical (unpaired) electrons. The minimum absolute atomic E-state index is 0.623. The van der Waals surface area contributed by atoms with E-state index in [2.05, 4.69) is 49.6 Å². The Kier molecular flexibility index (Phi) is 4.10. The van der Waals surface area contributed by atoms with Gasteiger partial charge < -0.3 is 4.74 Å². The molecule has 0 N–H and O–H groups in total. The van der Waals surface area contributed by atoms with Crippen LogP contribution in [0.5, 0.6) is 5.75 Å². The molecule has 2 heteroatoms. The summed E-state index contributed by atoms with van der Waals surface area (Å²) in [7, 11) is 0. The Morgan fingerprint density at radius 3 is 2.47 bits per heavy atom. The lowest BCUT2D eigenvalue weighted by molar-refractivity contribution is 0.306. The Hall–Kier alpha value is -1.41. The molecule has 88 valence electrons. The summed E-state index contributed by atoms with van der Waals surface area (Å²) in [4.78, 5) is 1.28. The van der Waals surface area contributed by atoms with E-state index in [1.54, 1.807) is 11.8 Å². The molecule has 17 heavy (non-hydrogen) atoms. The summed E-state index contributed by atoms with van der Waals surface area (Å²) >= 11 is 1.75. The number of ether oxygens (including phenoxy) is 1. The van der Waals surface area contributed by atoms with Gasteiger partial charge in [0.2, 0.25) is 0 Å². The third-order valence-electron chi connectivity index (χ3n) is 2.55. The van der Waals surface area contributed by atoms with Gasteiger partial charge in [-0.1, -0.05) is 24.3 Å². The Balaban J connectivity index is 1.97. The van der Waals surface area contributed by atoms with E-state index in [-0.39, 0.29) is 0 Å². The Morgan fingerprint density at radius 1 is 1.06 bits per heavy atom. The largest absolute Gasteiger partial charge is 0.489 e. The van der Waals surface area contributed by atoms with E-state index in [1.165, 1.54) is 16.0 Å². The standard InChI is InChI=1S/C15H16OS/c1-12-4-3-5-14(10-12)16-11-13-6-8-15(17-2)9-7-13/h3-10H,11H2,1-2H3. The monoisotopic (exact) mass is 244 g/mol. The number of hydrogen-bond donors (Lipinski definition) is 0. The average Bonchev–Trinajstić information content (AvgIpc) is 2.37. The zero-order valence-corrected chi connectivity index (χ0v) is 11.0. The molecule has 0 saturated heterocycles. The van der Waals surface area contributed by atoms with Crippen molar-refractivity contribution in [1.82, 2.24) is 0 Å². The average molecular weight is 244 g/mol. The molecule has 0 bridgehead atoms. The highest BCUT2D eigenvalue weighted by Crippen LogP contribution is 2.17.